The molecule has 1 unspecified atom stereocenters. The number of unbranched alkanes of at least 4 members (excludes halogenated alkanes) is 1. The summed E-state index contributed by atoms with van der Waals surface area (Å²) in [4.78, 5) is 4.38. The van der Waals surface area contributed by atoms with Crippen LogP contribution in [0, 0.1) is 0 Å². The molecule has 0 amide bonds. The molecule has 0 aliphatic rings. The molecule has 0 fully saturated rings. The van der Waals surface area contributed by atoms with Gasteiger partial charge in [0.25, 0.3) is 0 Å². The van der Waals surface area contributed by atoms with E-state index in [4.69, 9.17) is 5.73 Å². The lowest BCUT2D eigenvalue weighted by molar-refractivity contribution is 0.636. The van der Waals surface area contributed by atoms with E-state index in [1.807, 2.05) is 6.33 Å². The van der Waals surface area contributed by atoms with Gasteiger partial charge in [-0.3, -0.25) is 0 Å². The largest absolute Gasteiger partial charge is 0.384 e. The minimum absolute atomic E-state index is 0.470. The molecule has 0 aliphatic carbocycles. The molecular weight excluding hydrogens is 174 g/mol. The van der Waals surface area contributed by atoms with Crippen molar-refractivity contribution in [2.75, 3.05) is 5.73 Å². The van der Waals surface area contributed by atoms with Crippen molar-refractivity contribution < 1.29 is 0 Å². The summed E-state index contributed by atoms with van der Waals surface area (Å²) in [7, 11) is 0. The highest BCUT2D eigenvalue weighted by Crippen LogP contribution is 2.23. The molecule has 0 spiro atoms. The molecule has 1 heterocycles. The van der Waals surface area contributed by atoms with Crippen LogP contribution in [0.2, 0.25) is 0 Å². The fourth-order valence-corrected chi connectivity index (χ4v) is 1.49. The van der Waals surface area contributed by atoms with Gasteiger partial charge >= 0.3 is 0 Å². The maximum atomic E-state index is 6.02. The summed E-state index contributed by atoms with van der Waals surface area (Å²) in [5, 5.41) is 0. The lowest BCUT2D eigenvalue weighted by Gasteiger charge is -2.08. The second-order valence-electron chi connectivity index (χ2n) is 3.87. The van der Waals surface area contributed by atoms with Crippen molar-refractivity contribution in [3.05, 3.63) is 12.0 Å². The Hall–Kier alpha value is -0.990. The van der Waals surface area contributed by atoms with E-state index in [0.29, 0.717) is 5.92 Å². The maximum Gasteiger partial charge on any atom is 0.126 e. The highest BCUT2D eigenvalue weighted by atomic mass is 15.1. The Bertz CT molecular complexity index is 278. The zero-order valence-electron chi connectivity index (χ0n) is 9.45. The Morgan fingerprint density at radius 2 is 2.21 bits per heavy atom. The van der Waals surface area contributed by atoms with Crippen LogP contribution in [0.3, 0.4) is 0 Å². The van der Waals surface area contributed by atoms with Crippen LogP contribution in [-0.2, 0) is 6.54 Å². The number of hydrogen-bond donors (Lipinski definition) is 1. The van der Waals surface area contributed by atoms with Crippen molar-refractivity contribution in [2.24, 2.45) is 0 Å². The van der Waals surface area contributed by atoms with Crippen LogP contribution in [0.15, 0.2) is 6.33 Å². The average molecular weight is 195 g/mol. The number of nitrogens with two attached hydrogens (primary N) is 1. The van der Waals surface area contributed by atoms with Crippen LogP contribution in [0.1, 0.15) is 51.6 Å². The summed E-state index contributed by atoms with van der Waals surface area (Å²) < 4.78 is 2.06. The predicted octanol–water partition coefficient (Wildman–Crippen LogP) is 2.78. The Morgan fingerprint density at radius 3 is 2.79 bits per heavy atom. The van der Waals surface area contributed by atoms with E-state index < -0.39 is 0 Å². The van der Waals surface area contributed by atoms with Gasteiger partial charge in [-0.05, 0) is 12.8 Å². The van der Waals surface area contributed by atoms with E-state index in [2.05, 4.69) is 30.3 Å². The van der Waals surface area contributed by atoms with Crippen molar-refractivity contribution in [3.8, 4) is 0 Å². The molecule has 0 bridgehead atoms. The fraction of sp³-hybridized carbons (Fsp3) is 0.727. The smallest absolute Gasteiger partial charge is 0.126 e. The highest BCUT2D eigenvalue weighted by molar-refractivity contribution is 5.38. The topological polar surface area (TPSA) is 43.8 Å². The number of nitrogens with zero attached hydrogens (tertiary/aromatic N) is 2. The van der Waals surface area contributed by atoms with Crippen LogP contribution >= 0.6 is 0 Å². The van der Waals surface area contributed by atoms with Gasteiger partial charge in [0, 0.05) is 12.5 Å². The third-order valence-electron chi connectivity index (χ3n) is 2.74. The molecule has 0 saturated heterocycles. The van der Waals surface area contributed by atoms with Crippen LogP contribution in [0.4, 0.5) is 5.82 Å². The van der Waals surface area contributed by atoms with E-state index >= 15 is 0 Å². The third kappa shape index (κ3) is 2.28. The van der Waals surface area contributed by atoms with Crippen LogP contribution in [0.5, 0.6) is 0 Å². The summed E-state index contributed by atoms with van der Waals surface area (Å²) in [6, 6.07) is 0. The molecule has 2 N–H and O–H groups in total. The number of aryl methyl sites for hydroxylation is 1. The van der Waals surface area contributed by atoms with Gasteiger partial charge < -0.3 is 10.3 Å². The molecule has 1 aromatic rings. The van der Waals surface area contributed by atoms with E-state index in [9.17, 15) is 0 Å². The number of imidazole rings is 1. The van der Waals surface area contributed by atoms with Gasteiger partial charge in [-0.25, -0.2) is 4.98 Å². The van der Waals surface area contributed by atoms with Gasteiger partial charge in [0.2, 0.25) is 0 Å². The van der Waals surface area contributed by atoms with Crippen molar-refractivity contribution in [2.45, 2.75) is 52.5 Å². The van der Waals surface area contributed by atoms with E-state index in [0.717, 1.165) is 24.5 Å². The van der Waals surface area contributed by atoms with Crippen molar-refractivity contribution >= 4 is 5.82 Å². The van der Waals surface area contributed by atoms with E-state index in [1.165, 1.54) is 12.8 Å². The molecule has 3 nitrogen and oxygen atoms in total. The first-order valence-corrected chi connectivity index (χ1v) is 5.51. The molecule has 0 radical (unpaired) electrons. The van der Waals surface area contributed by atoms with Gasteiger partial charge in [0.15, 0.2) is 0 Å². The molecule has 1 aromatic heterocycles. The lowest BCUT2D eigenvalue weighted by atomic mass is 10.1. The van der Waals surface area contributed by atoms with Gasteiger partial charge in [-0.1, -0.05) is 27.2 Å². The summed E-state index contributed by atoms with van der Waals surface area (Å²) >= 11 is 0. The number of aromatic nitrogens is 2. The molecule has 0 aromatic carbocycles. The minimum atomic E-state index is 0.470. The van der Waals surface area contributed by atoms with Crippen molar-refractivity contribution in [3.63, 3.8) is 0 Å². The summed E-state index contributed by atoms with van der Waals surface area (Å²) in [5.74, 6) is 1.32. The fourth-order valence-electron chi connectivity index (χ4n) is 1.49. The third-order valence-corrected chi connectivity index (χ3v) is 2.74. The Labute approximate surface area is 86.3 Å². The van der Waals surface area contributed by atoms with E-state index in [1.54, 1.807) is 0 Å². The van der Waals surface area contributed by atoms with Crippen molar-refractivity contribution in [1.82, 2.24) is 9.55 Å². The maximum absolute atomic E-state index is 6.02. The molecule has 3 heteroatoms. The standard InChI is InChI=1S/C11H21N3/c1-4-6-7-14-8-13-10(11(14)12)9(3)5-2/h8-9H,4-7,12H2,1-3H3. The Morgan fingerprint density at radius 1 is 1.50 bits per heavy atom. The molecule has 1 rings (SSSR count). The number of hydrogen-bond acceptors (Lipinski definition) is 2. The van der Waals surface area contributed by atoms with Crippen LogP contribution in [0.25, 0.3) is 0 Å². The van der Waals surface area contributed by atoms with Crippen LogP contribution in [-0.4, -0.2) is 9.55 Å². The van der Waals surface area contributed by atoms with Gasteiger partial charge in [0.1, 0.15) is 5.82 Å². The van der Waals surface area contributed by atoms with Crippen molar-refractivity contribution in [1.29, 1.82) is 0 Å². The SMILES string of the molecule is CCCCn1cnc(C(C)CC)c1N. The monoisotopic (exact) mass is 195 g/mol. The Kier molecular flexibility index (Phi) is 3.98. The number of anilines is 1. The quantitative estimate of drug-likeness (QED) is 0.785. The lowest BCUT2D eigenvalue weighted by Crippen LogP contribution is -2.04. The average Bonchev–Trinajstić information content (AvgIpc) is 2.56. The van der Waals surface area contributed by atoms with Crippen LogP contribution < -0.4 is 5.73 Å². The molecule has 0 saturated carbocycles. The first kappa shape index (κ1) is 11.1. The minimum Gasteiger partial charge on any atom is -0.384 e. The second kappa shape index (κ2) is 5.03. The highest BCUT2D eigenvalue weighted by Gasteiger charge is 2.12. The zero-order chi connectivity index (χ0) is 10.6. The van der Waals surface area contributed by atoms with Gasteiger partial charge in [-0.15, -0.1) is 0 Å². The zero-order valence-corrected chi connectivity index (χ0v) is 9.45. The number of nitrogen functional groups attached to an aromatic ring is 1. The van der Waals surface area contributed by atoms with Gasteiger partial charge in [-0.2, -0.15) is 0 Å². The summed E-state index contributed by atoms with van der Waals surface area (Å²) in [6.07, 6.45) is 5.32. The number of rotatable bonds is 5. The first-order chi connectivity index (χ1) is 6.70. The molecule has 80 valence electrons. The molecular formula is C11H21N3. The predicted molar refractivity (Wildman–Crippen MR) is 60.3 cm³/mol. The molecule has 1 atom stereocenters. The van der Waals surface area contributed by atoms with Gasteiger partial charge in [0.05, 0.1) is 12.0 Å². The van der Waals surface area contributed by atoms with E-state index in [-0.39, 0.29) is 0 Å². The molecule has 0 aliphatic heterocycles. The normalized spacial score (nSPS) is 13.1. The molecule has 14 heavy (non-hydrogen) atoms. The summed E-state index contributed by atoms with van der Waals surface area (Å²) in [6.45, 7) is 7.51. The summed E-state index contributed by atoms with van der Waals surface area (Å²) in [5.41, 5.74) is 7.08. The Balaban J connectivity index is 2.74. The first-order valence-electron chi connectivity index (χ1n) is 5.51. The second-order valence-corrected chi connectivity index (χ2v) is 3.87.